The fraction of sp³-hybridized carbons (Fsp3) is 0.111. The first kappa shape index (κ1) is 20.2. The van der Waals surface area contributed by atoms with E-state index in [0.29, 0.717) is 13.0 Å². The summed E-state index contributed by atoms with van der Waals surface area (Å²) >= 11 is 1.46. The lowest BCUT2D eigenvalue weighted by Gasteiger charge is -2.16. The molecule has 0 atom stereocenters. The van der Waals surface area contributed by atoms with Crippen LogP contribution >= 0.6 is 11.3 Å². The Labute approximate surface area is 191 Å². The molecule has 0 radical (unpaired) electrons. The molecule has 0 unspecified atom stereocenters. The Hall–Kier alpha value is -3.70. The summed E-state index contributed by atoms with van der Waals surface area (Å²) in [5.41, 5.74) is 6.04. The van der Waals surface area contributed by atoms with Crippen LogP contribution in [0.4, 0.5) is 11.4 Å². The molecule has 4 aromatic rings. The van der Waals surface area contributed by atoms with Crippen LogP contribution in [0.5, 0.6) is 0 Å². The third-order valence-corrected chi connectivity index (χ3v) is 6.52. The van der Waals surface area contributed by atoms with Gasteiger partial charge in [-0.2, -0.15) is 0 Å². The van der Waals surface area contributed by atoms with Gasteiger partial charge >= 0.3 is 0 Å². The lowest BCUT2D eigenvalue weighted by Crippen LogP contribution is -2.28. The standard InChI is InChI=1S/C27H22N2O2S/c30-26(17-19-8-10-21(11-9-19)20-5-2-1-3-6-20)28-23-12-13-24-22(18-23)14-15-29(24)27(31)25-7-4-16-32-25/h1-13,16,18H,14-15,17H2,(H,28,30). The summed E-state index contributed by atoms with van der Waals surface area (Å²) in [5, 5.41) is 4.91. The molecule has 0 fully saturated rings. The molecule has 0 aliphatic carbocycles. The maximum absolute atomic E-state index is 12.7. The van der Waals surface area contributed by atoms with E-state index in [2.05, 4.69) is 17.4 Å². The lowest BCUT2D eigenvalue weighted by molar-refractivity contribution is -0.115. The highest BCUT2D eigenvalue weighted by molar-refractivity contribution is 7.12. The summed E-state index contributed by atoms with van der Waals surface area (Å²) < 4.78 is 0. The Morgan fingerprint density at radius 3 is 2.41 bits per heavy atom. The fourth-order valence-corrected chi connectivity index (χ4v) is 4.73. The number of benzene rings is 3. The molecule has 0 spiro atoms. The van der Waals surface area contributed by atoms with Crippen molar-refractivity contribution < 1.29 is 9.59 Å². The van der Waals surface area contributed by atoms with Crippen molar-refractivity contribution >= 4 is 34.5 Å². The second kappa shape index (κ2) is 8.81. The number of hydrogen-bond donors (Lipinski definition) is 1. The third-order valence-electron chi connectivity index (χ3n) is 5.66. The normalized spacial score (nSPS) is 12.4. The highest BCUT2D eigenvalue weighted by Gasteiger charge is 2.26. The van der Waals surface area contributed by atoms with Gasteiger partial charge in [-0.25, -0.2) is 0 Å². The Morgan fingerprint density at radius 1 is 0.875 bits per heavy atom. The van der Waals surface area contributed by atoms with Gasteiger partial charge in [-0.3, -0.25) is 9.59 Å². The highest BCUT2D eigenvalue weighted by Crippen LogP contribution is 2.32. The van der Waals surface area contributed by atoms with Gasteiger partial charge in [-0.05, 0) is 58.3 Å². The molecule has 158 valence electrons. The van der Waals surface area contributed by atoms with Crippen LogP contribution in [-0.4, -0.2) is 18.4 Å². The maximum atomic E-state index is 12.7. The second-order valence-corrected chi connectivity index (χ2v) is 8.76. The van der Waals surface area contributed by atoms with Crippen LogP contribution in [0.1, 0.15) is 20.8 Å². The predicted octanol–water partition coefficient (Wildman–Crippen LogP) is 5.80. The van der Waals surface area contributed by atoms with E-state index in [1.807, 2.05) is 83.1 Å². The van der Waals surface area contributed by atoms with Crippen LogP contribution in [0.3, 0.4) is 0 Å². The summed E-state index contributed by atoms with van der Waals surface area (Å²) in [7, 11) is 0. The van der Waals surface area contributed by atoms with Gasteiger partial charge in [0.1, 0.15) is 0 Å². The molecular weight excluding hydrogens is 416 g/mol. The molecule has 3 aromatic carbocycles. The topological polar surface area (TPSA) is 49.4 Å². The summed E-state index contributed by atoms with van der Waals surface area (Å²) in [6.07, 6.45) is 1.10. The van der Waals surface area contributed by atoms with Gasteiger partial charge in [0.25, 0.3) is 5.91 Å². The van der Waals surface area contributed by atoms with Crippen molar-refractivity contribution in [3.05, 3.63) is 106 Å². The molecule has 5 rings (SSSR count). The molecule has 2 amide bonds. The molecule has 2 heterocycles. The summed E-state index contributed by atoms with van der Waals surface area (Å²) in [5.74, 6) is -0.0172. The first-order valence-electron chi connectivity index (χ1n) is 10.6. The van der Waals surface area contributed by atoms with Gasteiger partial charge in [0.15, 0.2) is 0 Å². The van der Waals surface area contributed by atoms with Gasteiger partial charge < -0.3 is 10.2 Å². The minimum atomic E-state index is -0.0538. The summed E-state index contributed by atoms with van der Waals surface area (Å²) in [6.45, 7) is 0.664. The van der Waals surface area contributed by atoms with Crippen molar-refractivity contribution in [2.45, 2.75) is 12.8 Å². The van der Waals surface area contributed by atoms with E-state index in [0.717, 1.165) is 44.9 Å². The number of thiophene rings is 1. The zero-order chi connectivity index (χ0) is 21.9. The van der Waals surface area contributed by atoms with E-state index < -0.39 is 0 Å². The number of nitrogens with zero attached hydrogens (tertiary/aromatic N) is 1. The smallest absolute Gasteiger partial charge is 0.268 e. The Kier molecular flexibility index (Phi) is 5.57. The molecule has 1 aliphatic heterocycles. The number of anilines is 2. The molecule has 5 heteroatoms. The van der Waals surface area contributed by atoms with Crippen molar-refractivity contribution in [1.82, 2.24) is 0 Å². The quantitative estimate of drug-likeness (QED) is 0.428. The molecule has 1 aliphatic rings. The number of amides is 2. The third kappa shape index (κ3) is 4.20. The van der Waals surface area contributed by atoms with E-state index in [1.54, 1.807) is 0 Å². The van der Waals surface area contributed by atoms with Crippen LogP contribution in [0.25, 0.3) is 11.1 Å². The molecular formula is C27H22N2O2S. The van der Waals surface area contributed by atoms with Crippen LogP contribution in [-0.2, 0) is 17.6 Å². The van der Waals surface area contributed by atoms with Crippen LogP contribution in [0.15, 0.2) is 90.3 Å². The van der Waals surface area contributed by atoms with Gasteiger partial charge in [0.05, 0.1) is 11.3 Å². The Bertz CT molecular complexity index is 1250. The summed E-state index contributed by atoms with van der Waals surface area (Å²) in [4.78, 5) is 27.9. The molecule has 1 aromatic heterocycles. The van der Waals surface area contributed by atoms with Crippen molar-refractivity contribution in [2.24, 2.45) is 0 Å². The number of carbonyl (C=O) groups excluding carboxylic acids is 2. The molecule has 0 saturated carbocycles. The number of rotatable bonds is 5. The predicted molar refractivity (Wildman–Crippen MR) is 130 cm³/mol. The van der Waals surface area contributed by atoms with Gasteiger partial charge in [-0.15, -0.1) is 11.3 Å². The Morgan fingerprint density at radius 2 is 1.66 bits per heavy atom. The summed E-state index contributed by atoms with van der Waals surface area (Å²) in [6, 6.07) is 27.8. The zero-order valence-corrected chi connectivity index (χ0v) is 18.3. The zero-order valence-electron chi connectivity index (χ0n) is 17.5. The molecule has 4 nitrogen and oxygen atoms in total. The van der Waals surface area contributed by atoms with Crippen LogP contribution in [0, 0.1) is 0 Å². The first-order chi connectivity index (χ1) is 15.7. The highest BCUT2D eigenvalue weighted by atomic mass is 32.1. The van der Waals surface area contributed by atoms with Crippen LogP contribution < -0.4 is 10.2 Å². The first-order valence-corrected chi connectivity index (χ1v) is 11.5. The largest absolute Gasteiger partial charge is 0.326 e. The maximum Gasteiger partial charge on any atom is 0.268 e. The number of carbonyl (C=O) groups is 2. The minimum absolute atomic E-state index is 0.0366. The average Bonchev–Trinajstić information content (AvgIpc) is 3.50. The van der Waals surface area contributed by atoms with E-state index >= 15 is 0 Å². The van der Waals surface area contributed by atoms with Gasteiger partial charge in [0, 0.05) is 17.9 Å². The van der Waals surface area contributed by atoms with E-state index in [4.69, 9.17) is 0 Å². The fourth-order valence-electron chi connectivity index (χ4n) is 4.06. The van der Waals surface area contributed by atoms with Gasteiger partial charge in [0.2, 0.25) is 5.91 Å². The number of nitrogens with one attached hydrogen (secondary N) is 1. The van der Waals surface area contributed by atoms with Crippen LogP contribution in [0.2, 0.25) is 0 Å². The molecule has 32 heavy (non-hydrogen) atoms. The lowest BCUT2D eigenvalue weighted by atomic mass is 10.0. The second-order valence-electron chi connectivity index (χ2n) is 7.82. The Balaban J connectivity index is 1.23. The van der Waals surface area contributed by atoms with Gasteiger partial charge in [-0.1, -0.05) is 60.7 Å². The van der Waals surface area contributed by atoms with E-state index in [-0.39, 0.29) is 11.8 Å². The number of hydrogen-bond acceptors (Lipinski definition) is 3. The average molecular weight is 439 g/mol. The van der Waals surface area contributed by atoms with Crippen molar-refractivity contribution in [2.75, 3.05) is 16.8 Å². The van der Waals surface area contributed by atoms with E-state index in [1.165, 1.54) is 11.3 Å². The number of fused-ring (bicyclic) bond motifs is 1. The molecule has 0 saturated heterocycles. The molecule has 1 N–H and O–H groups in total. The van der Waals surface area contributed by atoms with Crippen molar-refractivity contribution in [3.8, 4) is 11.1 Å². The molecule has 0 bridgehead atoms. The monoisotopic (exact) mass is 438 g/mol. The minimum Gasteiger partial charge on any atom is -0.326 e. The van der Waals surface area contributed by atoms with E-state index in [9.17, 15) is 9.59 Å². The van der Waals surface area contributed by atoms with Crippen molar-refractivity contribution in [3.63, 3.8) is 0 Å². The van der Waals surface area contributed by atoms with Crippen molar-refractivity contribution in [1.29, 1.82) is 0 Å². The SMILES string of the molecule is O=C(Cc1ccc(-c2ccccc2)cc1)Nc1ccc2c(c1)CCN2C(=O)c1cccs1.